The number of esters is 1. The Kier molecular flexibility index (Phi) is 5.48. The number of rotatable bonds is 6. The van der Waals surface area contributed by atoms with E-state index in [2.05, 4.69) is 6.92 Å². The minimum atomic E-state index is -0.416. The van der Waals surface area contributed by atoms with Crippen molar-refractivity contribution in [2.24, 2.45) is 0 Å². The second-order valence-electron chi connectivity index (χ2n) is 3.98. The zero-order valence-corrected chi connectivity index (χ0v) is 11.5. The van der Waals surface area contributed by atoms with Crippen LogP contribution >= 0.6 is 11.3 Å². The summed E-state index contributed by atoms with van der Waals surface area (Å²) in [4.78, 5) is 13.4. The molecule has 3 nitrogen and oxygen atoms in total. The van der Waals surface area contributed by atoms with E-state index in [-0.39, 0.29) is 5.75 Å². The van der Waals surface area contributed by atoms with Gasteiger partial charge in [-0.15, -0.1) is 11.3 Å². The third-order valence-corrected chi connectivity index (χ3v) is 3.77. The summed E-state index contributed by atoms with van der Waals surface area (Å²) in [6.45, 7) is 6.08. The monoisotopic (exact) mass is 256 g/mol. The number of aryl methyl sites for hydroxylation is 2. The first-order chi connectivity index (χ1) is 8.11. The van der Waals surface area contributed by atoms with Gasteiger partial charge in [0.25, 0.3) is 0 Å². The molecule has 0 bridgehead atoms. The van der Waals surface area contributed by atoms with Crippen molar-refractivity contribution in [1.29, 1.82) is 0 Å². The Morgan fingerprint density at radius 1 is 1.35 bits per heavy atom. The minimum absolute atomic E-state index is 0.127. The van der Waals surface area contributed by atoms with Crippen LogP contribution in [-0.4, -0.2) is 17.7 Å². The van der Waals surface area contributed by atoms with Crippen molar-refractivity contribution in [2.75, 3.05) is 6.61 Å². The van der Waals surface area contributed by atoms with Crippen molar-refractivity contribution in [3.05, 3.63) is 15.3 Å². The highest BCUT2D eigenvalue weighted by atomic mass is 32.1. The molecule has 1 rings (SSSR count). The molecule has 1 heterocycles. The van der Waals surface area contributed by atoms with Gasteiger partial charge in [-0.3, -0.25) is 0 Å². The van der Waals surface area contributed by atoms with Crippen LogP contribution in [-0.2, 0) is 11.2 Å². The lowest BCUT2D eigenvalue weighted by molar-refractivity contribution is 0.0523. The largest absolute Gasteiger partial charge is 0.506 e. The molecule has 0 radical (unpaired) electrons. The SMILES string of the molecule is CCCCCc1sc(C)c(C(=O)OCC)c1O. The van der Waals surface area contributed by atoms with Crippen molar-refractivity contribution in [1.82, 2.24) is 0 Å². The maximum absolute atomic E-state index is 11.7. The Morgan fingerprint density at radius 2 is 2.06 bits per heavy atom. The number of carbonyl (C=O) groups is 1. The lowest BCUT2D eigenvalue weighted by Crippen LogP contribution is -2.04. The van der Waals surface area contributed by atoms with E-state index in [1.165, 1.54) is 11.3 Å². The first-order valence-electron chi connectivity index (χ1n) is 6.10. The molecule has 0 saturated heterocycles. The quantitative estimate of drug-likeness (QED) is 0.624. The van der Waals surface area contributed by atoms with E-state index in [0.717, 1.165) is 35.4 Å². The van der Waals surface area contributed by atoms with Gasteiger partial charge >= 0.3 is 5.97 Å². The predicted octanol–water partition coefficient (Wildman–Crippen LogP) is 3.67. The summed E-state index contributed by atoms with van der Waals surface area (Å²) in [5.74, 6) is -0.289. The standard InChI is InChI=1S/C13H20O3S/c1-4-6-7-8-10-12(14)11(9(3)17-10)13(15)16-5-2/h14H,4-8H2,1-3H3. The molecule has 1 N–H and O–H groups in total. The molecule has 0 saturated carbocycles. The normalized spacial score (nSPS) is 10.5. The fraction of sp³-hybridized carbons (Fsp3) is 0.615. The molecule has 0 fully saturated rings. The van der Waals surface area contributed by atoms with Crippen LogP contribution in [0.3, 0.4) is 0 Å². The summed E-state index contributed by atoms with van der Waals surface area (Å²) in [6.07, 6.45) is 4.18. The Bertz CT molecular complexity index is 382. The zero-order valence-electron chi connectivity index (χ0n) is 10.7. The Morgan fingerprint density at radius 3 is 2.65 bits per heavy atom. The van der Waals surface area contributed by atoms with Gasteiger partial charge in [0.2, 0.25) is 0 Å². The maximum Gasteiger partial charge on any atom is 0.343 e. The molecular weight excluding hydrogens is 236 g/mol. The fourth-order valence-corrected chi connectivity index (χ4v) is 2.84. The molecule has 0 aliphatic heterocycles. The van der Waals surface area contributed by atoms with Gasteiger partial charge in [0.1, 0.15) is 11.3 Å². The van der Waals surface area contributed by atoms with Crippen LogP contribution in [0.25, 0.3) is 0 Å². The smallest absolute Gasteiger partial charge is 0.343 e. The lowest BCUT2D eigenvalue weighted by atomic mass is 10.1. The van der Waals surface area contributed by atoms with Crippen LogP contribution < -0.4 is 0 Å². The zero-order chi connectivity index (χ0) is 12.8. The summed E-state index contributed by atoms with van der Waals surface area (Å²) in [5.41, 5.74) is 0.350. The first kappa shape index (κ1) is 14.0. The number of unbranched alkanes of at least 4 members (excludes halogenated alkanes) is 2. The summed E-state index contributed by atoms with van der Waals surface area (Å²) in [5, 5.41) is 10.0. The van der Waals surface area contributed by atoms with Crippen molar-refractivity contribution >= 4 is 17.3 Å². The van der Waals surface area contributed by atoms with E-state index < -0.39 is 5.97 Å². The Labute approximate surface area is 106 Å². The number of thiophene rings is 1. The maximum atomic E-state index is 11.7. The van der Waals surface area contributed by atoms with Gasteiger partial charge in [0.05, 0.1) is 6.61 Å². The van der Waals surface area contributed by atoms with Crippen molar-refractivity contribution in [2.45, 2.75) is 46.5 Å². The summed E-state index contributed by atoms with van der Waals surface area (Å²) < 4.78 is 4.94. The highest BCUT2D eigenvalue weighted by molar-refractivity contribution is 7.12. The van der Waals surface area contributed by atoms with Crippen molar-refractivity contribution in [3.8, 4) is 5.75 Å². The van der Waals surface area contributed by atoms with E-state index in [0.29, 0.717) is 12.2 Å². The number of aromatic hydroxyl groups is 1. The third kappa shape index (κ3) is 3.46. The molecule has 0 spiro atoms. The molecule has 0 amide bonds. The highest BCUT2D eigenvalue weighted by Crippen LogP contribution is 2.35. The fourth-order valence-electron chi connectivity index (χ4n) is 1.74. The number of carbonyl (C=O) groups excluding carboxylic acids is 1. The molecule has 17 heavy (non-hydrogen) atoms. The summed E-state index contributed by atoms with van der Waals surface area (Å²) >= 11 is 1.49. The number of hydrogen-bond acceptors (Lipinski definition) is 4. The van der Waals surface area contributed by atoms with Gasteiger partial charge in [-0.1, -0.05) is 19.8 Å². The number of ether oxygens (including phenoxy) is 1. The van der Waals surface area contributed by atoms with Crippen LogP contribution in [0.4, 0.5) is 0 Å². The average Bonchev–Trinajstić information content (AvgIpc) is 2.55. The average molecular weight is 256 g/mol. The van der Waals surface area contributed by atoms with Gasteiger partial charge in [0, 0.05) is 9.75 Å². The second kappa shape index (κ2) is 6.64. The van der Waals surface area contributed by atoms with Crippen LogP contribution in [0.5, 0.6) is 5.75 Å². The van der Waals surface area contributed by atoms with Crippen LogP contribution in [0.1, 0.15) is 53.2 Å². The van der Waals surface area contributed by atoms with Crippen LogP contribution in [0.15, 0.2) is 0 Å². The van der Waals surface area contributed by atoms with Crippen LogP contribution in [0.2, 0.25) is 0 Å². The van der Waals surface area contributed by atoms with E-state index in [4.69, 9.17) is 4.74 Å². The lowest BCUT2D eigenvalue weighted by Gasteiger charge is -2.02. The van der Waals surface area contributed by atoms with Crippen molar-refractivity contribution < 1.29 is 14.6 Å². The first-order valence-corrected chi connectivity index (χ1v) is 6.91. The molecular formula is C13H20O3S. The molecule has 4 heteroatoms. The van der Waals surface area contributed by atoms with Crippen LogP contribution in [0, 0.1) is 6.92 Å². The minimum Gasteiger partial charge on any atom is -0.506 e. The van der Waals surface area contributed by atoms with E-state index in [9.17, 15) is 9.90 Å². The van der Waals surface area contributed by atoms with Gasteiger partial charge < -0.3 is 9.84 Å². The molecule has 96 valence electrons. The van der Waals surface area contributed by atoms with Gasteiger partial charge in [0.15, 0.2) is 0 Å². The Balaban J connectivity index is 2.82. The predicted molar refractivity (Wildman–Crippen MR) is 69.9 cm³/mol. The molecule has 1 aromatic rings. The van der Waals surface area contributed by atoms with Gasteiger partial charge in [-0.25, -0.2) is 4.79 Å². The molecule has 0 aliphatic rings. The summed E-state index contributed by atoms with van der Waals surface area (Å²) in [6, 6.07) is 0. The summed E-state index contributed by atoms with van der Waals surface area (Å²) in [7, 11) is 0. The van der Waals surface area contributed by atoms with Crippen molar-refractivity contribution in [3.63, 3.8) is 0 Å². The van der Waals surface area contributed by atoms with Gasteiger partial charge in [-0.05, 0) is 26.7 Å². The van der Waals surface area contributed by atoms with E-state index >= 15 is 0 Å². The highest BCUT2D eigenvalue weighted by Gasteiger charge is 2.21. The number of hydrogen-bond donors (Lipinski definition) is 1. The topological polar surface area (TPSA) is 46.5 Å². The molecule has 1 aromatic heterocycles. The third-order valence-electron chi connectivity index (χ3n) is 2.62. The molecule has 0 aromatic carbocycles. The van der Waals surface area contributed by atoms with Gasteiger partial charge in [-0.2, -0.15) is 0 Å². The Hall–Kier alpha value is -1.03. The van der Waals surface area contributed by atoms with E-state index in [1.54, 1.807) is 6.92 Å². The molecule has 0 atom stereocenters. The second-order valence-corrected chi connectivity index (χ2v) is 5.29. The molecule has 0 unspecified atom stereocenters. The van der Waals surface area contributed by atoms with E-state index in [1.807, 2.05) is 6.92 Å². The molecule has 0 aliphatic carbocycles.